The van der Waals surface area contributed by atoms with Gasteiger partial charge in [0.1, 0.15) is 6.04 Å². The number of nitrogens with two attached hydrogens (primary N) is 1. The summed E-state index contributed by atoms with van der Waals surface area (Å²) in [7, 11) is 2.90. The Morgan fingerprint density at radius 1 is 1.31 bits per heavy atom. The van der Waals surface area contributed by atoms with E-state index in [0.717, 1.165) is 0 Å². The van der Waals surface area contributed by atoms with Crippen molar-refractivity contribution in [2.45, 2.75) is 25.5 Å². The van der Waals surface area contributed by atoms with Crippen molar-refractivity contribution in [1.29, 1.82) is 0 Å². The third kappa shape index (κ3) is 12.8. The van der Waals surface area contributed by atoms with Crippen LogP contribution in [0.4, 0.5) is 0 Å². The van der Waals surface area contributed by atoms with Gasteiger partial charge in [0.25, 0.3) is 0 Å². The highest BCUT2D eigenvalue weighted by atomic mass is 16.5. The average Bonchev–Trinajstić information content (AvgIpc) is 2.18. The van der Waals surface area contributed by atoms with Gasteiger partial charge in [-0.05, 0) is 6.92 Å². The van der Waals surface area contributed by atoms with Crippen molar-refractivity contribution in [2.24, 2.45) is 5.73 Å². The molecule has 0 heterocycles. The number of methoxy groups -OCH3 is 2. The second-order valence-electron chi connectivity index (χ2n) is 3.04. The average molecular weight is 237 g/mol. The lowest BCUT2D eigenvalue weighted by Gasteiger charge is -2.02. The Kier molecular flexibility index (Phi) is 11.1. The Balaban J connectivity index is 0. The van der Waals surface area contributed by atoms with Crippen LogP contribution in [0, 0.1) is 0 Å². The molecule has 7 nitrogen and oxygen atoms in total. The quantitative estimate of drug-likeness (QED) is 0.571. The number of aliphatic carboxylic acids is 2. The molecule has 0 aliphatic heterocycles. The van der Waals surface area contributed by atoms with Gasteiger partial charge in [0, 0.05) is 14.2 Å². The Morgan fingerprint density at radius 3 is 1.94 bits per heavy atom. The third-order valence-electron chi connectivity index (χ3n) is 1.53. The highest BCUT2D eigenvalue weighted by molar-refractivity contribution is 5.73. The second kappa shape index (κ2) is 10.3. The highest BCUT2D eigenvalue weighted by Gasteiger charge is 2.08. The number of carboxylic acids is 2. The molecular weight excluding hydrogens is 218 g/mol. The Bertz CT molecular complexity index is 208. The molecule has 0 amide bonds. The van der Waals surface area contributed by atoms with E-state index in [1.165, 1.54) is 14.2 Å². The van der Waals surface area contributed by atoms with Crippen molar-refractivity contribution >= 4 is 11.9 Å². The minimum absolute atomic E-state index is 0.0648. The van der Waals surface area contributed by atoms with Crippen molar-refractivity contribution in [2.75, 3.05) is 20.8 Å². The molecule has 96 valence electrons. The molecule has 0 fully saturated rings. The molecule has 0 radical (unpaired) electrons. The molecule has 0 aromatic carbocycles. The van der Waals surface area contributed by atoms with Gasteiger partial charge in [-0.1, -0.05) is 0 Å². The van der Waals surface area contributed by atoms with Crippen molar-refractivity contribution < 1.29 is 29.3 Å². The summed E-state index contributed by atoms with van der Waals surface area (Å²) in [4.78, 5) is 19.8. The lowest BCUT2D eigenvalue weighted by Crippen LogP contribution is -2.34. The van der Waals surface area contributed by atoms with Crippen LogP contribution in [0.1, 0.15) is 13.3 Å². The largest absolute Gasteiger partial charge is 0.481 e. The molecule has 16 heavy (non-hydrogen) atoms. The molecule has 0 aromatic heterocycles. The fourth-order valence-electron chi connectivity index (χ4n) is 0.580. The lowest BCUT2D eigenvalue weighted by molar-refractivity contribution is -0.140. The maximum absolute atomic E-state index is 9.89. The fraction of sp³-hybridized carbons (Fsp3) is 0.778. The first-order valence-electron chi connectivity index (χ1n) is 4.57. The van der Waals surface area contributed by atoms with Crippen LogP contribution in [-0.4, -0.2) is 55.1 Å². The summed E-state index contributed by atoms with van der Waals surface area (Å²) in [5.74, 6) is -1.86. The number of carboxylic acid groups (broad SMARTS) is 2. The third-order valence-corrected chi connectivity index (χ3v) is 1.53. The molecule has 0 aromatic rings. The van der Waals surface area contributed by atoms with Gasteiger partial charge in [0.15, 0.2) is 0 Å². The molecule has 1 unspecified atom stereocenters. The van der Waals surface area contributed by atoms with E-state index in [1.54, 1.807) is 6.92 Å². The zero-order valence-electron chi connectivity index (χ0n) is 9.67. The first-order valence-corrected chi connectivity index (χ1v) is 4.57. The van der Waals surface area contributed by atoms with E-state index in [4.69, 9.17) is 15.9 Å². The van der Waals surface area contributed by atoms with Crippen LogP contribution in [0.15, 0.2) is 0 Å². The molecule has 0 saturated carbocycles. The summed E-state index contributed by atoms with van der Waals surface area (Å²) < 4.78 is 9.14. The van der Waals surface area contributed by atoms with Gasteiger partial charge >= 0.3 is 11.9 Å². The Morgan fingerprint density at radius 2 is 1.81 bits per heavy atom. The van der Waals surface area contributed by atoms with Crippen LogP contribution in [0.5, 0.6) is 0 Å². The van der Waals surface area contributed by atoms with Crippen molar-refractivity contribution in [3.63, 3.8) is 0 Å². The molecule has 4 N–H and O–H groups in total. The first kappa shape index (κ1) is 17.2. The summed E-state index contributed by atoms with van der Waals surface area (Å²) in [6.45, 7) is 1.78. The maximum Gasteiger partial charge on any atom is 0.322 e. The van der Waals surface area contributed by atoms with Gasteiger partial charge in [-0.15, -0.1) is 0 Å². The summed E-state index contributed by atoms with van der Waals surface area (Å²) in [6, 6.07) is -0.889. The summed E-state index contributed by atoms with van der Waals surface area (Å²) in [5.41, 5.74) is 5.00. The van der Waals surface area contributed by atoms with Crippen LogP contribution in [0.2, 0.25) is 0 Å². The summed E-state index contributed by atoms with van der Waals surface area (Å²) >= 11 is 0. The first-order chi connectivity index (χ1) is 7.34. The molecular formula is C9H19NO6. The van der Waals surface area contributed by atoms with Crippen LogP contribution in [-0.2, 0) is 19.1 Å². The summed E-state index contributed by atoms with van der Waals surface area (Å²) in [6.07, 6.45) is -0.0938. The predicted octanol–water partition coefficient (Wildman–Crippen LogP) is -0.459. The minimum atomic E-state index is -1.04. The van der Waals surface area contributed by atoms with Crippen molar-refractivity contribution in [3.05, 3.63) is 0 Å². The standard InChI is InChI=1S/C5H10O3.C4H9NO3/c1-4(8-2)3-5(6)7;1-8-2-3(5)4(6)7/h4H,3H2,1-2H3,(H,6,7);3H,2,5H2,1H3,(H,6,7)/t;3-/m.0/s1. The van der Waals surface area contributed by atoms with Gasteiger partial charge in [-0.2, -0.15) is 0 Å². The molecule has 0 rings (SSSR count). The topological polar surface area (TPSA) is 119 Å². The number of rotatable bonds is 6. The van der Waals surface area contributed by atoms with E-state index in [9.17, 15) is 9.59 Å². The number of hydrogen-bond donors (Lipinski definition) is 3. The van der Waals surface area contributed by atoms with Crippen LogP contribution < -0.4 is 5.73 Å². The van der Waals surface area contributed by atoms with E-state index in [0.29, 0.717) is 0 Å². The highest BCUT2D eigenvalue weighted by Crippen LogP contribution is 1.92. The van der Waals surface area contributed by atoms with Crippen molar-refractivity contribution in [3.8, 4) is 0 Å². The zero-order chi connectivity index (χ0) is 13.1. The van der Waals surface area contributed by atoms with E-state index in [2.05, 4.69) is 9.47 Å². The molecule has 2 atom stereocenters. The number of carbonyl (C=O) groups is 2. The summed E-state index contributed by atoms with van der Waals surface area (Å²) in [5, 5.41) is 16.2. The molecule has 0 aliphatic carbocycles. The van der Waals surface area contributed by atoms with E-state index in [1.807, 2.05) is 0 Å². The maximum atomic E-state index is 9.89. The van der Waals surface area contributed by atoms with E-state index in [-0.39, 0.29) is 19.1 Å². The normalized spacial score (nSPS) is 13.2. The Hall–Kier alpha value is -1.18. The smallest absolute Gasteiger partial charge is 0.322 e. The molecule has 7 heteroatoms. The molecule has 0 spiro atoms. The minimum Gasteiger partial charge on any atom is -0.481 e. The van der Waals surface area contributed by atoms with E-state index < -0.39 is 18.0 Å². The lowest BCUT2D eigenvalue weighted by atomic mass is 10.3. The SMILES string of the molecule is COC(C)CC(=O)O.COC[C@H](N)C(=O)O. The number of ether oxygens (including phenoxy) is 2. The second-order valence-corrected chi connectivity index (χ2v) is 3.04. The fourth-order valence-corrected chi connectivity index (χ4v) is 0.580. The van der Waals surface area contributed by atoms with Crippen LogP contribution >= 0.6 is 0 Å². The van der Waals surface area contributed by atoms with Gasteiger partial charge in [0.2, 0.25) is 0 Å². The van der Waals surface area contributed by atoms with Gasteiger partial charge < -0.3 is 25.4 Å². The molecule has 0 bridgehead atoms. The number of hydrogen-bond acceptors (Lipinski definition) is 5. The Labute approximate surface area is 94.1 Å². The van der Waals surface area contributed by atoms with Crippen LogP contribution in [0.25, 0.3) is 0 Å². The molecule has 0 saturated heterocycles. The monoisotopic (exact) mass is 237 g/mol. The van der Waals surface area contributed by atoms with Gasteiger partial charge in [-0.3, -0.25) is 9.59 Å². The van der Waals surface area contributed by atoms with Crippen LogP contribution in [0.3, 0.4) is 0 Å². The zero-order valence-corrected chi connectivity index (χ0v) is 9.67. The molecule has 0 aliphatic rings. The van der Waals surface area contributed by atoms with Gasteiger partial charge in [0.05, 0.1) is 19.1 Å². The van der Waals surface area contributed by atoms with Crippen molar-refractivity contribution in [1.82, 2.24) is 0 Å². The predicted molar refractivity (Wildman–Crippen MR) is 56.2 cm³/mol. The van der Waals surface area contributed by atoms with E-state index >= 15 is 0 Å². The van der Waals surface area contributed by atoms with Gasteiger partial charge in [-0.25, -0.2) is 0 Å².